The number of nitrogens with zero attached hydrogens (tertiary/aromatic N) is 3. The lowest BCUT2D eigenvalue weighted by atomic mass is 10.2. The van der Waals surface area contributed by atoms with E-state index in [9.17, 15) is 4.79 Å². The first-order valence-electron chi connectivity index (χ1n) is 7.58. The Morgan fingerprint density at radius 2 is 2.00 bits per heavy atom. The molecule has 0 saturated carbocycles. The van der Waals surface area contributed by atoms with Gasteiger partial charge in [0.25, 0.3) is 0 Å². The Balaban J connectivity index is 1.86. The molecule has 1 amide bonds. The number of aromatic nitrogens is 3. The summed E-state index contributed by atoms with van der Waals surface area (Å²) < 4.78 is 2.06. The normalized spacial score (nSPS) is 11.0. The van der Waals surface area contributed by atoms with Crippen LogP contribution in [0.4, 0.5) is 0 Å². The van der Waals surface area contributed by atoms with Gasteiger partial charge in [-0.3, -0.25) is 4.79 Å². The van der Waals surface area contributed by atoms with Crippen LogP contribution in [-0.2, 0) is 17.9 Å². The number of benzene rings is 1. The van der Waals surface area contributed by atoms with Crippen molar-refractivity contribution in [2.75, 3.05) is 5.75 Å². The van der Waals surface area contributed by atoms with Crippen LogP contribution in [-0.4, -0.2) is 26.4 Å². The molecule has 0 aliphatic heterocycles. The number of amides is 1. The Kier molecular flexibility index (Phi) is 6.47. The molecule has 0 atom stereocenters. The second-order valence-corrected chi connectivity index (χ2v) is 6.81. The first-order chi connectivity index (χ1) is 11.0. The number of halogens is 1. The van der Waals surface area contributed by atoms with Gasteiger partial charge in [-0.2, -0.15) is 0 Å². The number of rotatable bonds is 7. The molecule has 0 aliphatic rings. The summed E-state index contributed by atoms with van der Waals surface area (Å²) in [6, 6.07) is 7.43. The monoisotopic (exact) mass is 352 g/mol. The van der Waals surface area contributed by atoms with Crippen LogP contribution in [0.25, 0.3) is 0 Å². The topological polar surface area (TPSA) is 59.8 Å². The molecule has 2 aromatic rings. The van der Waals surface area contributed by atoms with Crippen molar-refractivity contribution >= 4 is 29.3 Å². The zero-order valence-electron chi connectivity index (χ0n) is 13.5. The third-order valence-electron chi connectivity index (χ3n) is 3.31. The second kappa shape index (κ2) is 8.36. The van der Waals surface area contributed by atoms with Crippen molar-refractivity contribution < 1.29 is 4.79 Å². The highest BCUT2D eigenvalue weighted by Crippen LogP contribution is 2.21. The quantitative estimate of drug-likeness (QED) is 0.775. The van der Waals surface area contributed by atoms with Crippen molar-refractivity contribution in [1.82, 2.24) is 20.1 Å². The lowest BCUT2D eigenvalue weighted by molar-refractivity contribution is -0.118. The molecule has 0 radical (unpaired) electrons. The van der Waals surface area contributed by atoms with Crippen molar-refractivity contribution in [2.24, 2.45) is 0 Å². The van der Waals surface area contributed by atoms with Gasteiger partial charge in [-0.1, -0.05) is 49.3 Å². The third kappa shape index (κ3) is 4.97. The highest BCUT2D eigenvalue weighted by atomic mass is 35.5. The fraction of sp³-hybridized carbons (Fsp3) is 0.438. The van der Waals surface area contributed by atoms with Crippen LogP contribution < -0.4 is 5.32 Å². The molecule has 1 aromatic heterocycles. The molecule has 0 spiro atoms. The number of carbonyl (C=O) groups is 1. The second-order valence-electron chi connectivity index (χ2n) is 5.43. The van der Waals surface area contributed by atoms with Crippen molar-refractivity contribution in [1.29, 1.82) is 0 Å². The Bertz CT molecular complexity index is 655. The van der Waals surface area contributed by atoms with Crippen molar-refractivity contribution in [3.8, 4) is 0 Å². The molecule has 0 aliphatic carbocycles. The van der Waals surface area contributed by atoms with E-state index in [0.29, 0.717) is 23.2 Å². The number of hydrogen-bond acceptors (Lipinski definition) is 4. The molecule has 2 rings (SSSR count). The molecular weight excluding hydrogens is 332 g/mol. The van der Waals surface area contributed by atoms with Gasteiger partial charge in [-0.05, 0) is 24.6 Å². The minimum atomic E-state index is -0.0262. The number of thioether (sulfide) groups is 1. The van der Waals surface area contributed by atoms with Crippen LogP contribution in [0.2, 0.25) is 5.02 Å². The van der Waals surface area contributed by atoms with Gasteiger partial charge in [-0.15, -0.1) is 10.2 Å². The van der Waals surface area contributed by atoms with Crippen LogP contribution in [0.1, 0.15) is 38.1 Å². The van der Waals surface area contributed by atoms with Crippen molar-refractivity contribution in [2.45, 2.75) is 44.9 Å². The molecule has 1 N–H and O–H groups in total. The maximum atomic E-state index is 12.0. The van der Waals surface area contributed by atoms with Crippen molar-refractivity contribution in [3.63, 3.8) is 0 Å². The van der Waals surface area contributed by atoms with Gasteiger partial charge in [0.15, 0.2) is 5.16 Å². The Morgan fingerprint density at radius 3 is 2.61 bits per heavy atom. The fourth-order valence-corrected chi connectivity index (χ4v) is 3.08. The Labute approximate surface area is 145 Å². The molecule has 1 aromatic carbocycles. The summed E-state index contributed by atoms with van der Waals surface area (Å²) in [7, 11) is 0. The van der Waals surface area contributed by atoms with Crippen molar-refractivity contribution in [3.05, 3.63) is 40.7 Å². The Hall–Kier alpha value is -1.53. The summed E-state index contributed by atoms with van der Waals surface area (Å²) >= 11 is 7.25. The first kappa shape index (κ1) is 17.8. The van der Waals surface area contributed by atoms with E-state index in [-0.39, 0.29) is 5.91 Å². The summed E-state index contributed by atoms with van der Waals surface area (Å²) in [6.45, 7) is 7.52. The van der Waals surface area contributed by atoms with E-state index in [0.717, 1.165) is 23.1 Å². The highest BCUT2D eigenvalue weighted by Gasteiger charge is 2.15. The van der Waals surface area contributed by atoms with Gasteiger partial charge in [0.1, 0.15) is 5.82 Å². The number of nitrogens with one attached hydrogen (secondary N) is 1. The van der Waals surface area contributed by atoms with Crippen LogP contribution >= 0.6 is 23.4 Å². The minimum Gasteiger partial charge on any atom is -0.351 e. The molecule has 0 saturated heterocycles. The summed E-state index contributed by atoms with van der Waals surface area (Å²) in [4.78, 5) is 12.0. The largest absolute Gasteiger partial charge is 0.351 e. The molecular formula is C16H21ClN4OS. The Morgan fingerprint density at radius 1 is 1.30 bits per heavy atom. The van der Waals surface area contributed by atoms with Crippen LogP contribution in [0.15, 0.2) is 29.4 Å². The van der Waals surface area contributed by atoms with E-state index in [4.69, 9.17) is 11.6 Å². The summed E-state index contributed by atoms with van der Waals surface area (Å²) in [5.41, 5.74) is 1.02. The average Bonchev–Trinajstić information content (AvgIpc) is 2.95. The van der Waals surface area contributed by atoms with E-state index in [1.165, 1.54) is 11.8 Å². The molecule has 5 nitrogen and oxygen atoms in total. The molecule has 0 unspecified atom stereocenters. The van der Waals surface area contributed by atoms with Gasteiger partial charge < -0.3 is 9.88 Å². The molecule has 0 fully saturated rings. The van der Waals surface area contributed by atoms with Gasteiger partial charge in [0.2, 0.25) is 5.91 Å². The van der Waals surface area contributed by atoms with E-state index < -0.39 is 0 Å². The lowest BCUT2D eigenvalue weighted by Gasteiger charge is -2.09. The maximum Gasteiger partial charge on any atom is 0.230 e. The highest BCUT2D eigenvalue weighted by molar-refractivity contribution is 7.99. The number of carbonyl (C=O) groups excluding carboxylic acids is 1. The predicted molar refractivity (Wildman–Crippen MR) is 93.8 cm³/mol. The predicted octanol–water partition coefficient (Wildman–Crippen LogP) is 3.48. The van der Waals surface area contributed by atoms with Gasteiger partial charge >= 0.3 is 0 Å². The zero-order chi connectivity index (χ0) is 16.8. The van der Waals surface area contributed by atoms with Crippen LogP contribution in [0, 0.1) is 0 Å². The molecule has 124 valence electrons. The molecule has 0 bridgehead atoms. The lowest BCUT2D eigenvalue weighted by Crippen LogP contribution is -2.24. The van der Waals surface area contributed by atoms with E-state index in [2.05, 4.69) is 40.9 Å². The minimum absolute atomic E-state index is 0.0262. The van der Waals surface area contributed by atoms with E-state index in [1.807, 2.05) is 24.3 Å². The van der Waals surface area contributed by atoms with Gasteiger partial charge in [0.05, 0.1) is 5.75 Å². The standard InChI is InChI=1S/C16H21ClN4OS/c1-4-21-15(11(2)3)19-20-16(21)23-10-14(22)18-9-12-5-7-13(17)8-6-12/h5-8,11H,4,9-10H2,1-3H3,(H,18,22). The number of hydrogen-bond donors (Lipinski definition) is 1. The van der Waals surface area contributed by atoms with E-state index >= 15 is 0 Å². The fourth-order valence-electron chi connectivity index (χ4n) is 2.12. The average molecular weight is 353 g/mol. The molecule has 1 heterocycles. The van der Waals surface area contributed by atoms with Crippen LogP contribution in [0.5, 0.6) is 0 Å². The first-order valence-corrected chi connectivity index (χ1v) is 8.94. The zero-order valence-corrected chi connectivity index (χ0v) is 15.1. The summed E-state index contributed by atoms with van der Waals surface area (Å²) in [5, 5.41) is 12.8. The van der Waals surface area contributed by atoms with Crippen LogP contribution in [0.3, 0.4) is 0 Å². The molecule has 23 heavy (non-hydrogen) atoms. The van der Waals surface area contributed by atoms with Gasteiger partial charge in [0, 0.05) is 24.0 Å². The smallest absolute Gasteiger partial charge is 0.230 e. The molecule has 7 heteroatoms. The van der Waals surface area contributed by atoms with Gasteiger partial charge in [-0.25, -0.2) is 0 Å². The van der Waals surface area contributed by atoms with E-state index in [1.54, 1.807) is 0 Å². The SMILES string of the molecule is CCn1c(SCC(=O)NCc2ccc(Cl)cc2)nnc1C(C)C. The maximum absolute atomic E-state index is 12.0. The third-order valence-corrected chi connectivity index (χ3v) is 4.53. The summed E-state index contributed by atoms with van der Waals surface area (Å²) in [6.07, 6.45) is 0. The summed E-state index contributed by atoms with van der Waals surface area (Å²) in [5.74, 6) is 1.57.